The van der Waals surface area contributed by atoms with E-state index in [-0.39, 0.29) is 24.7 Å². The summed E-state index contributed by atoms with van der Waals surface area (Å²) < 4.78 is 18.3. The first-order chi connectivity index (χ1) is 15.2. The van der Waals surface area contributed by atoms with E-state index >= 15 is 0 Å². The van der Waals surface area contributed by atoms with Crippen molar-refractivity contribution >= 4 is 22.9 Å². The van der Waals surface area contributed by atoms with Crippen LogP contribution in [0.5, 0.6) is 0 Å². The smallest absolute Gasteiger partial charge is 0.339 e. The Morgan fingerprint density at radius 3 is 2.72 bits per heavy atom. The first-order valence-electron chi connectivity index (χ1n) is 10.8. The molecule has 170 valence electrons. The molecule has 1 saturated heterocycles. The molecule has 0 aliphatic carbocycles. The fraction of sp³-hybridized carbons (Fsp3) is 0.478. The average Bonchev–Trinajstić information content (AvgIpc) is 3.33. The second kappa shape index (κ2) is 8.74. The molecule has 0 N–H and O–H groups in total. The lowest BCUT2D eigenvalue weighted by atomic mass is 10.1. The van der Waals surface area contributed by atoms with E-state index in [0.717, 1.165) is 11.3 Å². The largest absolute Gasteiger partial charge is 0.466 e. The lowest BCUT2D eigenvalue weighted by molar-refractivity contribution is -0.141. The third-order valence-corrected chi connectivity index (χ3v) is 5.51. The zero-order valence-electron chi connectivity index (χ0n) is 19.0. The summed E-state index contributed by atoms with van der Waals surface area (Å²) in [4.78, 5) is 32.0. The number of rotatable bonds is 5. The van der Waals surface area contributed by atoms with Crippen LogP contribution in [0.1, 0.15) is 48.7 Å². The standard InChI is InChI=1S/C23H28N4O5/c1-13(2)27-22-19(10-24-27)18(9-20(25-22)17-8-14(3)32-16(17)5)23(29)31-12-21(28)26-6-7-30-15(4)11-26/h8-10,13,15H,6-7,11-12H2,1-5H3. The number of aryl methyl sites for hydroxylation is 2. The molecular weight excluding hydrogens is 412 g/mol. The van der Waals surface area contributed by atoms with Crippen molar-refractivity contribution in [2.24, 2.45) is 0 Å². The van der Waals surface area contributed by atoms with E-state index in [1.807, 2.05) is 40.7 Å². The number of hydrogen-bond donors (Lipinski definition) is 0. The number of aromatic nitrogens is 3. The summed E-state index contributed by atoms with van der Waals surface area (Å²) in [5.74, 6) is 0.639. The SMILES string of the molecule is Cc1cc(-c2cc(C(=O)OCC(=O)N3CCOC(C)C3)c3cnn(C(C)C)c3n2)c(C)o1. The predicted molar refractivity (Wildman–Crippen MR) is 117 cm³/mol. The molecule has 0 saturated carbocycles. The average molecular weight is 441 g/mol. The van der Waals surface area contributed by atoms with E-state index in [1.54, 1.807) is 21.8 Å². The van der Waals surface area contributed by atoms with Crippen molar-refractivity contribution in [1.29, 1.82) is 0 Å². The van der Waals surface area contributed by atoms with Crippen LogP contribution in [0.3, 0.4) is 0 Å². The molecule has 1 amide bonds. The van der Waals surface area contributed by atoms with E-state index in [4.69, 9.17) is 18.9 Å². The number of nitrogens with zero attached hydrogens (tertiary/aromatic N) is 4. The minimum absolute atomic E-state index is 0.0330. The number of ether oxygens (including phenoxy) is 2. The number of morpholine rings is 1. The molecule has 3 aromatic heterocycles. The van der Waals surface area contributed by atoms with Gasteiger partial charge in [-0.2, -0.15) is 5.10 Å². The Morgan fingerprint density at radius 1 is 1.28 bits per heavy atom. The molecule has 1 unspecified atom stereocenters. The molecule has 9 heteroatoms. The molecular formula is C23H28N4O5. The number of furan rings is 1. The third kappa shape index (κ3) is 4.25. The van der Waals surface area contributed by atoms with Gasteiger partial charge in [-0.3, -0.25) is 4.79 Å². The second-order valence-electron chi connectivity index (χ2n) is 8.40. The Labute approximate surface area is 186 Å². The van der Waals surface area contributed by atoms with Gasteiger partial charge >= 0.3 is 5.97 Å². The van der Waals surface area contributed by atoms with Gasteiger partial charge in [-0.1, -0.05) is 0 Å². The number of fused-ring (bicyclic) bond motifs is 1. The van der Waals surface area contributed by atoms with Crippen LogP contribution in [0.2, 0.25) is 0 Å². The van der Waals surface area contributed by atoms with Crippen molar-refractivity contribution in [3.8, 4) is 11.3 Å². The topological polar surface area (TPSA) is 99.7 Å². The minimum atomic E-state index is -0.588. The normalized spacial score (nSPS) is 16.7. The lowest BCUT2D eigenvalue weighted by Gasteiger charge is -2.30. The molecule has 0 aromatic carbocycles. The Hall–Kier alpha value is -3.20. The van der Waals surface area contributed by atoms with Gasteiger partial charge in [0, 0.05) is 24.7 Å². The number of hydrogen-bond acceptors (Lipinski definition) is 7. The third-order valence-electron chi connectivity index (χ3n) is 5.51. The maximum atomic E-state index is 13.1. The second-order valence-corrected chi connectivity index (χ2v) is 8.40. The van der Waals surface area contributed by atoms with Crippen LogP contribution in [-0.4, -0.2) is 63.9 Å². The molecule has 3 aromatic rings. The van der Waals surface area contributed by atoms with Crippen LogP contribution in [0.4, 0.5) is 0 Å². The van der Waals surface area contributed by atoms with Crippen LogP contribution < -0.4 is 0 Å². The minimum Gasteiger partial charge on any atom is -0.466 e. The molecule has 0 bridgehead atoms. The first kappa shape index (κ1) is 22.0. The van der Waals surface area contributed by atoms with Crippen molar-refractivity contribution < 1.29 is 23.5 Å². The van der Waals surface area contributed by atoms with Gasteiger partial charge in [-0.15, -0.1) is 0 Å². The molecule has 1 aliphatic heterocycles. The molecule has 1 atom stereocenters. The lowest BCUT2D eigenvalue weighted by Crippen LogP contribution is -2.46. The van der Waals surface area contributed by atoms with Crippen molar-refractivity contribution in [2.75, 3.05) is 26.3 Å². The summed E-state index contributed by atoms with van der Waals surface area (Å²) in [5.41, 5.74) is 2.29. The zero-order chi connectivity index (χ0) is 23.0. The van der Waals surface area contributed by atoms with Crippen molar-refractivity contribution in [1.82, 2.24) is 19.7 Å². The fourth-order valence-corrected chi connectivity index (χ4v) is 3.93. The highest BCUT2D eigenvalue weighted by Crippen LogP contribution is 2.30. The van der Waals surface area contributed by atoms with E-state index < -0.39 is 5.97 Å². The van der Waals surface area contributed by atoms with E-state index in [0.29, 0.717) is 47.7 Å². The molecule has 9 nitrogen and oxygen atoms in total. The molecule has 1 fully saturated rings. The van der Waals surface area contributed by atoms with Crippen LogP contribution in [0.15, 0.2) is 22.7 Å². The fourth-order valence-electron chi connectivity index (χ4n) is 3.93. The van der Waals surface area contributed by atoms with Gasteiger partial charge in [0.25, 0.3) is 5.91 Å². The Kier molecular flexibility index (Phi) is 6.01. The summed E-state index contributed by atoms with van der Waals surface area (Å²) in [6, 6.07) is 3.61. The highest BCUT2D eigenvalue weighted by molar-refractivity contribution is 6.04. The van der Waals surface area contributed by atoms with Gasteiger partial charge < -0.3 is 18.8 Å². The quantitative estimate of drug-likeness (QED) is 0.561. The number of amides is 1. The number of esters is 1. The summed E-state index contributed by atoms with van der Waals surface area (Å²) in [6.45, 7) is 10.7. The Balaban J connectivity index is 1.65. The van der Waals surface area contributed by atoms with Gasteiger partial charge in [0.1, 0.15) is 11.5 Å². The highest BCUT2D eigenvalue weighted by atomic mass is 16.5. The summed E-state index contributed by atoms with van der Waals surface area (Å²) in [5, 5.41) is 4.99. The van der Waals surface area contributed by atoms with Gasteiger partial charge in [-0.25, -0.2) is 14.5 Å². The number of carbonyl (C=O) groups is 2. The number of pyridine rings is 1. The molecule has 0 spiro atoms. The summed E-state index contributed by atoms with van der Waals surface area (Å²) in [6.07, 6.45) is 1.58. The predicted octanol–water partition coefficient (Wildman–Crippen LogP) is 3.29. The molecule has 1 aliphatic rings. The van der Waals surface area contributed by atoms with E-state index in [1.165, 1.54) is 0 Å². The molecule has 4 heterocycles. The van der Waals surface area contributed by atoms with Crippen molar-refractivity contribution in [3.63, 3.8) is 0 Å². The van der Waals surface area contributed by atoms with Crippen LogP contribution in [-0.2, 0) is 14.3 Å². The van der Waals surface area contributed by atoms with Gasteiger partial charge in [-0.05, 0) is 46.8 Å². The molecule has 4 rings (SSSR count). The maximum Gasteiger partial charge on any atom is 0.339 e. The van der Waals surface area contributed by atoms with Gasteiger partial charge in [0.2, 0.25) is 0 Å². The van der Waals surface area contributed by atoms with Gasteiger partial charge in [0.05, 0.1) is 35.6 Å². The number of carbonyl (C=O) groups excluding carboxylic acids is 2. The van der Waals surface area contributed by atoms with Crippen LogP contribution >= 0.6 is 0 Å². The molecule has 32 heavy (non-hydrogen) atoms. The highest BCUT2D eigenvalue weighted by Gasteiger charge is 2.25. The molecule has 0 radical (unpaired) electrons. The Bertz CT molecular complexity index is 1160. The van der Waals surface area contributed by atoms with Crippen molar-refractivity contribution in [3.05, 3.63) is 35.4 Å². The van der Waals surface area contributed by atoms with E-state index in [2.05, 4.69) is 5.10 Å². The van der Waals surface area contributed by atoms with E-state index in [9.17, 15) is 9.59 Å². The summed E-state index contributed by atoms with van der Waals surface area (Å²) in [7, 11) is 0. The van der Waals surface area contributed by atoms with Gasteiger partial charge in [0.15, 0.2) is 12.3 Å². The summed E-state index contributed by atoms with van der Waals surface area (Å²) >= 11 is 0. The first-order valence-corrected chi connectivity index (χ1v) is 10.8. The zero-order valence-corrected chi connectivity index (χ0v) is 19.0. The van der Waals surface area contributed by atoms with Crippen molar-refractivity contribution in [2.45, 2.75) is 46.8 Å². The monoisotopic (exact) mass is 440 g/mol. The Morgan fingerprint density at radius 2 is 2.06 bits per heavy atom. The van der Waals surface area contributed by atoms with Crippen LogP contribution in [0, 0.1) is 13.8 Å². The maximum absolute atomic E-state index is 13.1. The van der Waals surface area contributed by atoms with Crippen LogP contribution in [0.25, 0.3) is 22.3 Å².